The van der Waals surface area contributed by atoms with Gasteiger partial charge in [-0.05, 0) is 35.7 Å². The van der Waals surface area contributed by atoms with Crippen LogP contribution in [0.4, 0.5) is 0 Å². The fourth-order valence-corrected chi connectivity index (χ4v) is 3.75. The van der Waals surface area contributed by atoms with Gasteiger partial charge < -0.3 is 4.74 Å². The standard InChI is InChI=1S/C23H25ClN2OS/c1-5-16-9-8-11-18(13-16)27-21-14-20(23(2,3)4)25-22(26-21)28-15-17-10-6-7-12-19(17)24/h6-14H,5,15H2,1-4H3. The molecule has 0 saturated carbocycles. The Kier molecular flexibility index (Phi) is 6.63. The summed E-state index contributed by atoms with van der Waals surface area (Å²) in [4.78, 5) is 9.38. The van der Waals surface area contributed by atoms with Gasteiger partial charge in [-0.1, -0.05) is 81.4 Å². The summed E-state index contributed by atoms with van der Waals surface area (Å²) < 4.78 is 6.08. The van der Waals surface area contributed by atoms with E-state index in [-0.39, 0.29) is 5.41 Å². The van der Waals surface area contributed by atoms with E-state index in [4.69, 9.17) is 21.3 Å². The van der Waals surface area contributed by atoms with Crippen molar-refractivity contribution in [3.63, 3.8) is 0 Å². The molecule has 0 N–H and O–H groups in total. The Bertz CT molecular complexity index is 953. The van der Waals surface area contributed by atoms with E-state index < -0.39 is 0 Å². The first kappa shape index (κ1) is 20.7. The number of hydrogen-bond acceptors (Lipinski definition) is 4. The molecule has 146 valence electrons. The lowest BCUT2D eigenvalue weighted by molar-refractivity contribution is 0.446. The van der Waals surface area contributed by atoms with Gasteiger partial charge >= 0.3 is 0 Å². The van der Waals surface area contributed by atoms with Crippen LogP contribution in [0.25, 0.3) is 0 Å². The fourth-order valence-electron chi connectivity index (χ4n) is 2.61. The first-order valence-electron chi connectivity index (χ1n) is 9.37. The van der Waals surface area contributed by atoms with E-state index in [0.29, 0.717) is 16.8 Å². The van der Waals surface area contributed by atoms with Crippen molar-refractivity contribution in [2.45, 2.75) is 50.4 Å². The summed E-state index contributed by atoms with van der Waals surface area (Å²) in [6.07, 6.45) is 0.965. The number of ether oxygens (including phenoxy) is 1. The highest BCUT2D eigenvalue weighted by molar-refractivity contribution is 7.98. The van der Waals surface area contributed by atoms with E-state index in [2.05, 4.69) is 44.8 Å². The summed E-state index contributed by atoms with van der Waals surface area (Å²) in [6, 6.07) is 17.9. The topological polar surface area (TPSA) is 35.0 Å². The van der Waals surface area contributed by atoms with Gasteiger partial charge in [0.05, 0.1) is 5.69 Å². The van der Waals surface area contributed by atoms with E-state index in [1.165, 1.54) is 5.56 Å². The summed E-state index contributed by atoms with van der Waals surface area (Å²) in [5.41, 5.74) is 3.14. The molecule has 1 aromatic heterocycles. The number of thioether (sulfide) groups is 1. The lowest BCUT2D eigenvalue weighted by atomic mass is 9.92. The molecular formula is C23H25ClN2OS. The number of benzene rings is 2. The molecule has 0 aliphatic rings. The van der Waals surface area contributed by atoms with E-state index in [1.54, 1.807) is 11.8 Å². The molecule has 5 heteroatoms. The lowest BCUT2D eigenvalue weighted by Crippen LogP contribution is -2.14. The number of aromatic nitrogens is 2. The van der Waals surface area contributed by atoms with Crippen LogP contribution in [0.5, 0.6) is 11.6 Å². The van der Waals surface area contributed by atoms with Gasteiger partial charge in [0.2, 0.25) is 5.88 Å². The summed E-state index contributed by atoms with van der Waals surface area (Å²) >= 11 is 7.85. The van der Waals surface area contributed by atoms with Crippen molar-refractivity contribution in [3.8, 4) is 11.6 Å². The Balaban J connectivity index is 1.87. The van der Waals surface area contributed by atoms with Gasteiger partial charge in [-0.2, -0.15) is 4.98 Å². The summed E-state index contributed by atoms with van der Waals surface area (Å²) in [5.74, 6) is 2.06. The SMILES string of the molecule is CCc1cccc(Oc2cc(C(C)(C)C)nc(SCc3ccccc3Cl)n2)c1. The molecule has 0 saturated heterocycles. The van der Waals surface area contributed by atoms with Gasteiger partial charge in [-0.25, -0.2) is 4.98 Å². The third-order valence-electron chi connectivity index (χ3n) is 4.29. The van der Waals surface area contributed by atoms with Gasteiger partial charge in [0.1, 0.15) is 5.75 Å². The van der Waals surface area contributed by atoms with Gasteiger partial charge in [0.25, 0.3) is 0 Å². The van der Waals surface area contributed by atoms with Crippen LogP contribution in [0.3, 0.4) is 0 Å². The van der Waals surface area contributed by atoms with Crippen molar-refractivity contribution in [1.82, 2.24) is 9.97 Å². The van der Waals surface area contributed by atoms with Crippen LogP contribution in [0.1, 0.15) is 44.5 Å². The van der Waals surface area contributed by atoms with Gasteiger partial charge in [0, 0.05) is 22.3 Å². The molecule has 0 spiro atoms. The molecule has 0 aliphatic heterocycles. The fraction of sp³-hybridized carbons (Fsp3) is 0.304. The number of rotatable bonds is 6. The van der Waals surface area contributed by atoms with Gasteiger partial charge in [0.15, 0.2) is 5.16 Å². The maximum absolute atomic E-state index is 6.28. The molecule has 1 heterocycles. The number of aryl methyl sites for hydroxylation is 1. The molecule has 0 radical (unpaired) electrons. The molecule has 0 fully saturated rings. The second kappa shape index (κ2) is 8.97. The molecule has 0 bridgehead atoms. The third kappa shape index (κ3) is 5.49. The van der Waals surface area contributed by atoms with E-state index in [0.717, 1.165) is 28.5 Å². The monoisotopic (exact) mass is 412 g/mol. The molecule has 3 aromatic rings. The van der Waals surface area contributed by atoms with E-state index >= 15 is 0 Å². The second-order valence-corrected chi connectivity index (χ2v) is 8.96. The van der Waals surface area contributed by atoms with Crippen molar-refractivity contribution in [2.24, 2.45) is 0 Å². The molecule has 28 heavy (non-hydrogen) atoms. The zero-order valence-corrected chi connectivity index (χ0v) is 18.3. The molecule has 0 amide bonds. The Morgan fingerprint density at radius 3 is 2.50 bits per heavy atom. The molecule has 0 atom stereocenters. The molecular weight excluding hydrogens is 388 g/mol. The Hall–Kier alpha value is -2.04. The molecule has 0 unspecified atom stereocenters. The van der Waals surface area contributed by atoms with Crippen LogP contribution >= 0.6 is 23.4 Å². The van der Waals surface area contributed by atoms with Crippen molar-refractivity contribution >= 4 is 23.4 Å². The normalized spacial score (nSPS) is 11.5. The molecule has 2 aromatic carbocycles. The zero-order valence-electron chi connectivity index (χ0n) is 16.7. The largest absolute Gasteiger partial charge is 0.439 e. The minimum Gasteiger partial charge on any atom is -0.439 e. The number of hydrogen-bond donors (Lipinski definition) is 0. The summed E-state index contributed by atoms with van der Waals surface area (Å²) in [6.45, 7) is 8.54. The van der Waals surface area contributed by atoms with Crippen molar-refractivity contribution < 1.29 is 4.74 Å². The van der Waals surface area contributed by atoms with Crippen LogP contribution in [-0.2, 0) is 17.6 Å². The predicted molar refractivity (Wildman–Crippen MR) is 118 cm³/mol. The summed E-state index contributed by atoms with van der Waals surface area (Å²) in [5, 5.41) is 1.45. The first-order valence-corrected chi connectivity index (χ1v) is 10.7. The number of nitrogens with zero attached hydrogens (tertiary/aromatic N) is 2. The van der Waals surface area contributed by atoms with E-state index in [1.807, 2.05) is 42.5 Å². The average Bonchev–Trinajstić information content (AvgIpc) is 2.67. The smallest absolute Gasteiger partial charge is 0.223 e. The minimum absolute atomic E-state index is 0.105. The Morgan fingerprint density at radius 2 is 1.79 bits per heavy atom. The quantitative estimate of drug-likeness (QED) is 0.320. The highest BCUT2D eigenvalue weighted by Crippen LogP contribution is 2.31. The Morgan fingerprint density at radius 1 is 1.00 bits per heavy atom. The first-order chi connectivity index (χ1) is 13.3. The van der Waals surface area contributed by atoms with Crippen molar-refractivity contribution in [1.29, 1.82) is 0 Å². The van der Waals surface area contributed by atoms with Crippen LogP contribution < -0.4 is 4.74 Å². The van der Waals surface area contributed by atoms with Crippen LogP contribution in [0.15, 0.2) is 59.8 Å². The second-order valence-electron chi connectivity index (χ2n) is 7.61. The van der Waals surface area contributed by atoms with Crippen LogP contribution in [0.2, 0.25) is 5.02 Å². The average molecular weight is 413 g/mol. The van der Waals surface area contributed by atoms with Crippen LogP contribution in [-0.4, -0.2) is 9.97 Å². The Labute approximate surface area is 176 Å². The van der Waals surface area contributed by atoms with E-state index in [9.17, 15) is 0 Å². The maximum Gasteiger partial charge on any atom is 0.223 e. The highest BCUT2D eigenvalue weighted by Gasteiger charge is 2.19. The van der Waals surface area contributed by atoms with Gasteiger partial charge in [-0.3, -0.25) is 0 Å². The molecule has 0 aliphatic carbocycles. The molecule has 3 rings (SSSR count). The predicted octanol–water partition coefficient (Wildman–Crippen LogP) is 7.07. The highest BCUT2D eigenvalue weighted by atomic mass is 35.5. The third-order valence-corrected chi connectivity index (χ3v) is 5.56. The zero-order chi connectivity index (χ0) is 20.1. The molecule has 3 nitrogen and oxygen atoms in total. The van der Waals surface area contributed by atoms with Crippen LogP contribution in [0, 0.1) is 0 Å². The lowest BCUT2D eigenvalue weighted by Gasteiger charge is -2.19. The summed E-state index contributed by atoms with van der Waals surface area (Å²) in [7, 11) is 0. The van der Waals surface area contributed by atoms with Crippen molar-refractivity contribution in [3.05, 3.63) is 76.4 Å². The van der Waals surface area contributed by atoms with Gasteiger partial charge in [-0.15, -0.1) is 0 Å². The number of halogens is 1. The minimum atomic E-state index is -0.105. The van der Waals surface area contributed by atoms with Crippen molar-refractivity contribution in [2.75, 3.05) is 0 Å². The maximum atomic E-state index is 6.28.